The van der Waals surface area contributed by atoms with Crippen molar-refractivity contribution in [2.24, 2.45) is 0 Å². The molecule has 0 aliphatic carbocycles. The second kappa shape index (κ2) is 4.59. The van der Waals surface area contributed by atoms with Crippen LogP contribution in [0.5, 0.6) is 0 Å². The number of halogens is 1. The number of carboxylic acids is 1. The van der Waals surface area contributed by atoms with Gasteiger partial charge in [-0.05, 0) is 6.42 Å². The van der Waals surface area contributed by atoms with Gasteiger partial charge in [0.15, 0.2) is 0 Å². The number of alkyl halides is 1. The van der Waals surface area contributed by atoms with Crippen LogP contribution in [-0.4, -0.2) is 27.3 Å². The van der Waals surface area contributed by atoms with E-state index in [1.807, 2.05) is 0 Å². The highest BCUT2D eigenvalue weighted by Crippen LogP contribution is 2.02. The maximum atomic E-state index is 11.8. The van der Waals surface area contributed by atoms with Gasteiger partial charge in [-0.1, -0.05) is 0 Å². The van der Waals surface area contributed by atoms with Crippen molar-refractivity contribution in [2.75, 3.05) is 6.67 Å². The molecule has 0 aromatic carbocycles. The zero-order valence-corrected chi connectivity index (χ0v) is 7.11. The molecule has 0 radical (unpaired) electrons. The summed E-state index contributed by atoms with van der Waals surface area (Å²) in [4.78, 5) is 14.2. The summed E-state index contributed by atoms with van der Waals surface area (Å²) in [7, 11) is 0. The zero-order valence-electron chi connectivity index (χ0n) is 7.11. The molecule has 0 atom stereocenters. The predicted molar refractivity (Wildman–Crippen MR) is 44.2 cm³/mol. The molecular weight excluding hydrogens is 175 g/mol. The Morgan fingerprint density at radius 2 is 2.46 bits per heavy atom. The highest BCUT2D eigenvalue weighted by Gasteiger charge is 2.05. The van der Waals surface area contributed by atoms with Crippen molar-refractivity contribution in [3.8, 4) is 0 Å². The summed E-state index contributed by atoms with van der Waals surface area (Å²) in [6.45, 7) is 0.0871. The van der Waals surface area contributed by atoms with Crippen LogP contribution >= 0.6 is 0 Å². The van der Waals surface area contributed by atoms with Crippen LogP contribution in [-0.2, 0) is 17.8 Å². The largest absolute Gasteiger partial charge is 0.481 e. The highest BCUT2D eigenvalue weighted by atomic mass is 19.1. The monoisotopic (exact) mass is 186 g/mol. The third kappa shape index (κ3) is 2.85. The zero-order chi connectivity index (χ0) is 9.68. The summed E-state index contributed by atoms with van der Waals surface area (Å²) in [5.74, 6) is -0.901. The van der Waals surface area contributed by atoms with Crippen LogP contribution < -0.4 is 0 Å². The van der Waals surface area contributed by atoms with E-state index in [-0.39, 0.29) is 6.42 Å². The lowest BCUT2D eigenvalue weighted by molar-refractivity contribution is -0.136. The van der Waals surface area contributed by atoms with Crippen molar-refractivity contribution >= 4 is 5.97 Å². The number of hydrogen-bond donors (Lipinski definition) is 1. The lowest BCUT2D eigenvalue weighted by Crippen LogP contribution is -2.08. The molecule has 13 heavy (non-hydrogen) atoms. The topological polar surface area (TPSA) is 55.1 Å². The van der Waals surface area contributed by atoms with Gasteiger partial charge < -0.3 is 9.67 Å². The van der Waals surface area contributed by atoms with Crippen LogP contribution in [0.2, 0.25) is 0 Å². The molecule has 5 heteroatoms. The number of hydrogen-bond acceptors (Lipinski definition) is 2. The quantitative estimate of drug-likeness (QED) is 0.742. The van der Waals surface area contributed by atoms with Crippen LogP contribution in [0.25, 0.3) is 0 Å². The van der Waals surface area contributed by atoms with Crippen molar-refractivity contribution in [1.82, 2.24) is 9.55 Å². The molecule has 0 saturated carbocycles. The Balaban J connectivity index is 2.60. The van der Waals surface area contributed by atoms with E-state index in [0.717, 1.165) is 0 Å². The van der Waals surface area contributed by atoms with Crippen LogP contribution in [0.15, 0.2) is 12.5 Å². The van der Waals surface area contributed by atoms with E-state index in [4.69, 9.17) is 5.11 Å². The summed E-state index contributed by atoms with van der Waals surface area (Å²) in [6, 6.07) is 0. The first kappa shape index (κ1) is 9.70. The predicted octanol–water partition coefficient (Wildman–Crippen LogP) is 0.870. The molecular formula is C8H11FN2O2. The van der Waals surface area contributed by atoms with E-state index in [2.05, 4.69) is 4.98 Å². The first-order valence-electron chi connectivity index (χ1n) is 4.01. The minimum Gasteiger partial charge on any atom is -0.481 e. The maximum Gasteiger partial charge on any atom is 0.309 e. The molecule has 0 unspecified atom stereocenters. The average molecular weight is 186 g/mol. The maximum absolute atomic E-state index is 11.8. The third-order valence-corrected chi connectivity index (χ3v) is 1.66. The molecule has 1 aromatic heterocycles. The first-order chi connectivity index (χ1) is 6.24. The summed E-state index contributed by atoms with van der Waals surface area (Å²) < 4.78 is 13.5. The number of aromatic nitrogens is 2. The third-order valence-electron chi connectivity index (χ3n) is 1.66. The van der Waals surface area contributed by atoms with Crippen molar-refractivity contribution in [3.63, 3.8) is 0 Å². The van der Waals surface area contributed by atoms with E-state index < -0.39 is 12.6 Å². The summed E-state index contributed by atoms with van der Waals surface area (Å²) in [5, 5.41) is 8.52. The second-order valence-electron chi connectivity index (χ2n) is 2.69. The van der Waals surface area contributed by atoms with Gasteiger partial charge in [-0.15, -0.1) is 0 Å². The number of aliphatic carboxylic acids is 1. The number of aryl methyl sites for hydroxylation is 1. The van der Waals surface area contributed by atoms with Crippen LogP contribution in [0.3, 0.4) is 0 Å². The van der Waals surface area contributed by atoms with Gasteiger partial charge in [0.1, 0.15) is 0 Å². The Morgan fingerprint density at radius 1 is 1.69 bits per heavy atom. The Morgan fingerprint density at radius 3 is 3.08 bits per heavy atom. The Labute approximate surface area is 75.0 Å². The molecule has 1 heterocycles. The van der Waals surface area contributed by atoms with Gasteiger partial charge in [0, 0.05) is 18.4 Å². The van der Waals surface area contributed by atoms with Gasteiger partial charge in [0.05, 0.1) is 19.4 Å². The van der Waals surface area contributed by atoms with E-state index in [0.29, 0.717) is 18.7 Å². The molecule has 0 bridgehead atoms. The molecule has 0 spiro atoms. The van der Waals surface area contributed by atoms with E-state index in [1.165, 1.54) is 12.5 Å². The van der Waals surface area contributed by atoms with E-state index in [1.54, 1.807) is 4.57 Å². The molecule has 4 nitrogen and oxygen atoms in total. The molecule has 0 amide bonds. The van der Waals surface area contributed by atoms with Crippen LogP contribution in [0, 0.1) is 0 Å². The molecule has 0 aliphatic rings. The number of carbonyl (C=O) groups is 1. The van der Waals surface area contributed by atoms with Gasteiger partial charge >= 0.3 is 5.97 Å². The smallest absolute Gasteiger partial charge is 0.309 e. The highest BCUT2D eigenvalue weighted by molar-refractivity contribution is 5.69. The van der Waals surface area contributed by atoms with Gasteiger partial charge in [0.2, 0.25) is 0 Å². The molecule has 1 N–H and O–H groups in total. The van der Waals surface area contributed by atoms with Crippen molar-refractivity contribution in [3.05, 3.63) is 18.2 Å². The van der Waals surface area contributed by atoms with Crippen LogP contribution in [0.4, 0.5) is 4.39 Å². The average Bonchev–Trinajstić information content (AvgIpc) is 2.48. The Hall–Kier alpha value is -1.39. The van der Waals surface area contributed by atoms with Crippen molar-refractivity contribution in [2.45, 2.75) is 19.4 Å². The number of imidazole rings is 1. The summed E-state index contributed by atoms with van der Waals surface area (Å²) in [5.41, 5.74) is 0.612. The molecule has 0 fully saturated rings. The minimum atomic E-state index is -0.901. The fraction of sp³-hybridized carbons (Fsp3) is 0.500. The number of nitrogens with zero attached hydrogens (tertiary/aromatic N) is 2. The van der Waals surface area contributed by atoms with Crippen molar-refractivity contribution in [1.29, 1.82) is 0 Å². The normalized spacial score (nSPS) is 10.2. The van der Waals surface area contributed by atoms with E-state index >= 15 is 0 Å². The number of carboxylic acid groups (broad SMARTS) is 1. The minimum absolute atomic E-state index is 0.0632. The molecule has 72 valence electrons. The lowest BCUT2D eigenvalue weighted by Gasteiger charge is -2.03. The summed E-state index contributed by atoms with van der Waals surface area (Å²) >= 11 is 0. The fourth-order valence-electron chi connectivity index (χ4n) is 1.08. The first-order valence-corrected chi connectivity index (χ1v) is 4.01. The standard InChI is InChI=1S/C8H11FN2O2/c9-2-1-3-11-6-10-5-7(11)4-8(12)13/h5-6H,1-4H2,(H,12,13). The van der Waals surface area contributed by atoms with Gasteiger partial charge in [-0.2, -0.15) is 0 Å². The summed E-state index contributed by atoms with van der Waals surface area (Å²) in [6.07, 6.45) is 3.34. The van der Waals surface area contributed by atoms with E-state index in [9.17, 15) is 9.18 Å². The van der Waals surface area contributed by atoms with Crippen molar-refractivity contribution < 1.29 is 14.3 Å². The van der Waals surface area contributed by atoms with Gasteiger partial charge in [-0.25, -0.2) is 4.98 Å². The Bertz CT molecular complexity index is 285. The van der Waals surface area contributed by atoms with Gasteiger partial charge in [-0.3, -0.25) is 9.18 Å². The lowest BCUT2D eigenvalue weighted by atomic mass is 10.3. The molecule has 1 rings (SSSR count). The SMILES string of the molecule is O=C(O)Cc1cncn1CCCF. The molecule has 0 aliphatic heterocycles. The van der Waals surface area contributed by atoms with Gasteiger partial charge in [0.25, 0.3) is 0 Å². The van der Waals surface area contributed by atoms with Crippen LogP contribution in [0.1, 0.15) is 12.1 Å². The molecule has 1 aromatic rings. The Kier molecular flexibility index (Phi) is 3.42. The number of rotatable bonds is 5. The molecule has 0 saturated heterocycles. The fourth-order valence-corrected chi connectivity index (χ4v) is 1.08. The second-order valence-corrected chi connectivity index (χ2v) is 2.69.